The van der Waals surface area contributed by atoms with Gasteiger partial charge in [0, 0.05) is 23.9 Å². The van der Waals surface area contributed by atoms with E-state index >= 15 is 0 Å². The molecule has 0 spiro atoms. The van der Waals surface area contributed by atoms with Crippen LogP contribution in [0.15, 0.2) is 53.1 Å². The molecule has 1 N–H and O–H groups in total. The maximum Gasteiger partial charge on any atom is 0.416 e. The van der Waals surface area contributed by atoms with E-state index in [0.29, 0.717) is 11.3 Å². The number of anilines is 1. The van der Waals surface area contributed by atoms with Crippen molar-refractivity contribution in [3.05, 3.63) is 65.5 Å². The third-order valence-corrected chi connectivity index (χ3v) is 4.05. The zero-order valence-corrected chi connectivity index (χ0v) is 15.5. The number of carbonyl (C=O) groups excluding carboxylic acids is 1. The molecular formula is C19H17F3N4O3. The number of aromatic nitrogens is 2. The molecule has 1 amide bonds. The van der Waals surface area contributed by atoms with Gasteiger partial charge in [0.1, 0.15) is 0 Å². The molecule has 0 unspecified atom stereocenters. The van der Waals surface area contributed by atoms with E-state index in [4.69, 9.17) is 9.36 Å². The van der Waals surface area contributed by atoms with Crippen LogP contribution in [0.25, 0.3) is 11.4 Å². The highest BCUT2D eigenvalue weighted by molar-refractivity contribution is 5.93. The Balaban J connectivity index is 1.65. The summed E-state index contributed by atoms with van der Waals surface area (Å²) in [4.78, 5) is 20.9. The van der Waals surface area contributed by atoms with E-state index in [0.717, 1.165) is 17.2 Å². The molecule has 0 aliphatic heterocycles. The first kappa shape index (κ1) is 20.3. The van der Waals surface area contributed by atoms with E-state index in [1.54, 1.807) is 24.3 Å². The van der Waals surface area contributed by atoms with Crippen molar-refractivity contribution in [3.8, 4) is 11.4 Å². The lowest BCUT2D eigenvalue weighted by Crippen LogP contribution is -2.25. The number of nitrogens with zero attached hydrogens (tertiary/aromatic N) is 3. The van der Waals surface area contributed by atoms with E-state index in [-0.39, 0.29) is 29.7 Å². The third-order valence-electron chi connectivity index (χ3n) is 4.05. The molecule has 7 nitrogen and oxygen atoms in total. The lowest BCUT2D eigenvalue weighted by atomic mass is 10.1. The topological polar surface area (TPSA) is 80.5 Å². The summed E-state index contributed by atoms with van der Waals surface area (Å²) in [5, 5.41) is 7.88. The number of hydrogen-bond acceptors (Lipinski definition) is 6. The number of carbonyl (C=O) groups is 1. The van der Waals surface area contributed by atoms with Gasteiger partial charge in [0.05, 0.1) is 19.2 Å². The van der Waals surface area contributed by atoms with Gasteiger partial charge in [0.2, 0.25) is 11.7 Å². The van der Waals surface area contributed by atoms with Crippen LogP contribution in [-0.4, -0.2) is 35.3 Å². The molecule has 0 atom stereocenters. The first-order chi connectivity index (χ1) is 13.8. The van der Waals surface area contributed by atoms with Crippen molar-refractivity contribution in [2.24, 2.45) is 0 Å². The Morgan fingerprint density at radius 2 is 1.93 bits per heavy atom. The van der Waals surface area contributed by atoms with E-state index in [1.807, 2.05) is 0 Å². The third kappa shape index (κ3) is 4.91. The number of rotatable bonds is 6. The van der Waals surface area contributed by atoms with Gasteiger partial charge in [-0.1, -0.05) is 17.3 Å². The summed E-state index contributed by atoms with van der Waals surface area (Å²) in [6.07, 6.45) is -4.45. The average molecular weight is 406 g/mol. The molecule has 1 aromatic heterocycles. The average Bonchev–Trinajstić information content (AvgIpc) is 3.20. The second-order valence-electron chi connectivity index (χ2n) is 6.01. The fourth-order valence-corrected chi connectivity index (χ4v) is 2.45. The molecule has 0 aliphatic carbocycles. The molecule has 3 rings (SSSR count). The number of hydrogen-bond donors (Lipinski definition) is 1. The zero-order valence-electron chi connectivity index (χ0n) is 15.5. The van der Waals surface area contributed by atoms with Gasteiger partial charge < -0.3 is 9.84 Å². The normalized spacial score (nSPS) is 11.3. The summed E-state index contributed by atoms with van der Waals surface area (Å²) < 4.78 is 43.6. The van der Waals surface area contributed by atoms with Crippen LogP contribution >= 0.6 is 0 Å². The zero-order chi connectivity index (χ0) is 21.0. The molecule has 0 saturated carbocycles. The minimum Gasteiger partial charge on any atom is -0.376 e. The van der Waals surface area contributed by atoms with Crippen LogP contribution in [0.5, 0.6) is 0 Å². The number of nitrogens with one attached hydrogen (secondary N) is 1. The number of hydroxylamine groups is 2. The lowest BCUT2D eigenvalue weighted by molar-refractivity contribution is -0.137. The van der Waals surface area contributed by atoms with Crippen LogP contribution in [0, 0.1) is 0 Å². The molecule has 3 aromatic rings. The highest BCUT2D eigenvalue weighted by atomic mass is 19.4. The summed E-state index contributed by atoms with van der Waals surface area (Å²) in [5.41, 5.74) is 0.568. The first-order valence-electron chi connectivity index (χ1n) is 8.44. The SMILES string of the molecule is CON(C)C(=O)c1ccc(NCc2nc(-c3cccc(C(F)(F)F)c3)no2)cc1. The predicted molar refractivity (Wildman–Crippen MR) is 97.6 cm³/mol. The lowest BCUT2D eigenvalue weighted by Gasteiger charge is -2.13. The molecule has 0 fully saturated rings. The van der Waals surface area contributed by atoms with Gasteiger partial charge in [0.15, 0.2) is 0 Å². The minimum atomic E-state index is -4.45. The molecule has 152 valence electrons. The fraction of sp³-hybridized carbons (Fsp3) is 0.211. The van der Waals surface area contributed by atoms with Gasteiger partial charge >= 0.3 is 6.18 Å². The van der Waals surface area contributed by atoms with Crippen molar-refractivity contribution in [1.29, 1.82) is 0 Å². The Labute approximate surface area is 164 Å². The van der Waals surface area contributed by atoms with Crippen molar-refractivity contribution in [2.45, 2.75) is 12.7 Å². The maximum atomic E-state index is 12.8. The van der Waals surface area contributed by atoms with Crippen LogP contribution in [0.4, 0.5) is 18.9 Å². The minimum absolute atomic E-state index is 0.0662. The first-order valence-corrected chi connectivity index (χ1v) is 8.44. The molecule has 0 aliphatic rings. The van der Waals surface area contributed by atoms with Gasteiger partial charge in [-0.3, -0.25) is 9.63 Å². The summed E-state index contributed by atoms with van der Waals surface area (Å²) in [5.74, 6) is -0.0187. The molecule has 0 saturated heterocycles. The van der Waals surface area contributed by atoms with Gasteiger partial charge in [-0.15, -0.1) is 0 Å². The molecule has 10 heteroatoms. The molecule has 1 heterocycles. The number of amides is 1. The number of halogens is 3. The Kier molecular flexibility index (Phi) is 5.83. The van der Waals surface area contributed by atoms with Gasteiger partial charge in [0.25, 0.3) is 5.91 Å². The Hall–Kier alpha value is -3.40. The molecule has 2 aromatic carbocycles. The van der Waals surface area contributed by atoms with Crippen LogP contribution in [0.2, 0.25) is 0 Å². The van der Waals surface area contributed by atoms with E-state index in [1.165, 1.54) is 26.3 Å². The quantitative estimate of drug-likeness (QED) is 0.624. The van der Waals surface area contributed by atoms with E-state index in [9.17, 15) is 18.0 Å². The monoisotopic (exact) mass is 406 g/mol. The molecule has 29 heavy (non-hydrogen) atoms. The second-order valence-corrected chi connectivity index (χ2v) is 6.01. The van der Waals surface area contributed by atoms with Crippen LogP contribution in [-0.2, 0) is 17.6 Å². The summed E-state index contributed by atoms with van der Waals surface area (Å²) in [7, 11) is 2.90. The second kappa shape index (κ2) is 8.31. The summed E-state index contributed by atoms with van der Waals surface area (Å²) in [6.45, 7) is 0.164. The van der Waals surface area contributed by atoms with Gasteiger partial charge in [-0.25, -0.2) is 5.06 Å². The Morgan fingerprint density at radius 1 is 1.21 bits per heavy atom. The summed E-state index contributed by atoms with van der Waals surface area (Å²) in [6, 6.07) is 11.4. The van der Waals surface area contributed by atoms with E-state index in [2.05, 4.69) is 15.5 Å². The standard InChI is InChI=1S/C19H17F3N4O3/c1-26(28-2)18(27)12-6-8-15(9-7-12)23-11-16-24-17(25-29-16)13-4-3-5-14(10-13)19(20,21)22/h3-10,23H,11H2,1-2H3. The molecular weight excluding hydrogens is 389 g/mol. The van der Waals surface area contributed by atoms with Crippen molar-refractivity contribution in [3.63, 3.8) is 0 Å². The Bertz CT molecular complexity index is 987. The largest absolute Gasteiger partial charge is 0.416 e. The highest BCUT2D eigenvalue weighted by Crippen LogP contribution is 2.31. The maximum absolute atomic E-state index is 12.8. The Morgan fingerprint density at radius 3 is 2.59 bits per heavy atom. The number of alkyl halides is 3. The van der Waals surface area contributed by atoms with E-state index < -0.39 is 11.7 Å². The predicted octanol–water partition coefficient (Wildman–Crippen LogP) is 4.00. The fourth-order valence-electron chi connectivity index (χ4n) is 2.45. The van der Waals surface area contributed by atoms with Gasteiger partial charge in [-0.05, 0) is 36.4 Å². The van der Waals surface area contributed by atoms with Crippen molar-refractivity contribution >= 4 is 11.6 Å². The van der Waals surface area contributed by atoms with Crippen molar-refractivity contribution < 1.29 is 27.3 Å². The molecule has 0 radical (unpaired) electrons. The van der Waals surface area contributed by atoms with Crippen molar-refractivity contribution in [1.82, 2.24) is 15.2 Å². The van der Waals surface area contributed by atoms with Crippen LogP contribution in [0.3, 0.4) is 0 Å². The van der Waals surface area contributed by atoms with Crippen molar-refractivity contribution in [2.75, 3.05) is 19.5 Å². The van der Waals surface area contributed by atoms with Crippen LogP contribution in [0.1, 0.15) is 21.8 Å². The summed E-state index contributed by atoms with van der Waals surface area (Å²) >= 11 is 0. The molecule has 0 bridgehead atoms. The number of benzene rings is 2. The smallest absolute Gasteiger partial charge is 0.376 e. The van der Waals surface area contributed by atoms with Crippen LogP contribution < -0.4 is 5.32 Å². The highest BCUT2D eigenvalue weighted by Gasteiger charge is 2.30. The van der Waals surface area contributed by atoms with Gasteiger partial charge in [-0.2, -0.15) is 18.2 Å².